The van der Waals surface area contributed by atoms with Gasteiger partial charge in [0, 0.05) is 20.1 Å². The Bertz CT molecular complexity index is 649. The van der Waals surface area contributed by atoms with Gasteiger partial charge in [-0.1, -0.05) is 27.5 Å². The molecule has 0 amide bonds. The molecule has 1 nitrogen and oxygen atoms in total. The second kappa shape index (κ2) is 6.52. The zero-order chi connectivity index (χ0) is 14.9. The lowest BCUT2D eigenvalue weighted by molar-refractivity contribution is 0.546. The molecule has 0 aromatic heterocycles. The van der Waals surface area contributed by atoms with E-state index in [0.29, 0.717) is 15.1 Å². The van der Waals surface area contributed by atoms with E-state index < -0.39 is 17.7 Å². The van der Waals surface area contributed by atoms with Crippen LogP contribution in [0.1, 0.15) is 17.2 Å². The number of rotatable bonds is 3. The third kappa shape index (κ3) is 3.22. The van der Waals surface area contributed by atoms with Crippen LogP contribution in [0.5, 0.6) is 0 Å². The smallest absolute Gasteiger partial charge is 0.129 e. The van der Waals surface area contributed by atoms with Gasteiger partial charge in [-0.2, -0.15) is 0 Å². The van der Waals surface area contributed by atoms with Gasteiger partial charge in [0.25, 0.3) is 0 Å². The van der Waals surface area contributed by atoms with Crippen LogP contribution >= 0.6 is 43.5 Å². The highest BCUT2D eigenvalue weighted by Crippen LogP contribution is 2.33. The standard InChI is InChI=1S/C14H10Br2ClF2N/c1-20-14(8-4-7(15)2-3-12(8)18)9-5-11(17)10(16)6-13(9)19/h2-6,14,20H,1H3. The van der Waals surface area contributed by atoms with Crippen molar-refractivity contribution in [3.63, 3.8) is 0 Å². The Hall–Kier alpha value is -0.490. The van der Waals surface area contributed by atoms with Crippen molar-refractivity contribution in [1.82, 2.24) is 5.32 Å². The minimum atomic E-state index is -0.627. The average molecular weight is 425 g/mol. The van der Waals surface area contributed by atoms with Crippen molar-refractivity contribution < 1.29 is 8.78 Å². The summed E-state index contributed by atoms with van der Waals surface area (Å²) in [6, 6.07) is 6.68. The fourth-order valence-corrected chi connectivity index (χ4v) is 2.84. The number of benzene rings is 2. The van der Waals surface area contributed by atoms with E-state index in [1.54, 1.807) is 19.2 Å². The molecule has 0 aliphatic rings. The predicted octanol–water partition coefficient (Wildman–Crippen LogP) is 5.45. The van der Waals surface area contributed by atoms with Gasteiger partial charge in [-0.05, 0) is 53.3 Å². The molecular formula is C14H10Br2ClF2N. The highest BCUT2D eigenvalue weighted by atomic mass is 79.9. The van der Waals surface area contributed by atoms with Crippen LogP contribution in [0.2, 0.25) is 5.02 Å². The molecule has 2 aromatic rings. The summed E-state index contributed by atoms with van der Waals surface area (Å²) < 4.78 is 29.3. The summed E-state index contributed by atoms with van der Waals surface area (Å²) in [7, 11) is 1.64. The second-order valence-corrected chi connectivity index (χ2v) is 6.35. The van der Waals surface area contributed by atoms with Gasteiger partial charge in [-0.3, -0.25) is 0 Å². The van der Waals surface area contributed by atoms with Crippen molar-refractivity contribution in [2.24, 2.45) is 0 Å². The van der Waals surface area contributed by atoms with Crippen molar-refractivity contribution >= 4 is 43.5 Å². The minimum absolute atomic E-state index is 0.290. The van der Waals surface area contributed by atoms with E-state index in [1.807, 2.05) is 0 Å². The summed E-state index contributed by atoms with van der Waals surface area (Å²) in [5.41, 5.74) is 0.636. The molecule has 1 atom stereocenters. The van der Waals surface area contributed by atoms with Gasteiger partial charge in [0.1, 0.15) is 11.6 Å². The minimum Gasteiger partial charge on any atom is -0.309 e. The van der Waals surface area contributed by atoms with Crippen molar-refractivity contribution in [2.45, 2.75) is 6.04 Å². The average Bonchev–Trinajstić information content (AvgIpc) is 2.40. The molecule has 0 saturated carbocycles. The Morgan fingerprint density at radius 3 is 2.35 bits per heavy atom. The summed E-state index contributed by atoms with van der Waals surface area (Å²) >= 11 is 12.4. The normalized spacial score (nSPS) is 12.5. The first kappa shape index (κ1) is 15.9. The van der Waals surface area contributed by atoms with Crippen LogP contribution < -0.4 is 5.32 Å². The Labute approximate surface area is 137 Å². The van der Waals surface area contributed by atoms with Gasteiger partial charge in [-0.25, -0.2) is 8.78 Å². The molecule has 2 rings (SSSR count). The maximum Gasteiger partial charge on any atom is 0.129 e. The van der Waals surface area contributed by atoms with E-state index in [1.165, 1.54) is 18.2 Å². The second-order valence-electron chi connectivity index (χ2n) is 4.18. The first-order valence-corrected chi connectivity index (χ1v) is 7.67. The zero-order valence-corrected chi connectivity index (χ0v) is 14.3. The molecular weight excluding hydrogens is 415 g/mol. The topological polar surface area (TPSA) is 12.0 Å². The van der Waals surface area contributed by atoms with Crippen LogP contribution in [-0.2, 0) is 0 Å². The Morgan fingerprint density at radius 2 is 1.70 bits per heavy atom. The van der Waals surface area contributed by atoms with Crippen molar-refractivity contribution in [3.8, 4) is 0 Å². The monoisotopic (exact) mass is 423 g/mol. The van der Waals surface area contributed by atoms with Gasteiger partial charge in [0.15, 0.2) is 0 Å². The molecule has 0 fully saturated rings. The van der Waals surface area contributed by atoms with E-state index in [-0.39, 0.29) is 5.56 Å². The Kier molecular flexibility index (Phi) is 5.18. The third-order valence-electron chi connectivity index (χ3n) is 2.91. The van der Waals surface area contributed by atoms with Gasteiger partial charge in [0.2, 0.25) is 0 Å². The molecule has 2 aromatic carbocycles. The lowest BCUT2D eigenvalue weighted by atomic mass is 9.98. The number of hydrogen-bond acceptors (Lipinski definition) is 1. The molecule has 0 aliphatic carbocycles. The Morgan fingerprint density at radius 1 is 1.05 bits per heavy atom. The van der Waals surface area contributed by atoms with Gasteiger partial charge >= 0.3 is 0 Å². The fourth-order valence-electron chi connectivity index (χ4n) is 1.97. The number of halogens is 5. The largest absolute Gasteiger partial charge is 0.309 e. The molecule has 20 heavy (non-hydrogen) atoms. The molecule has 106 valence electrons. The van der Waals surface area contributed by atoms with Crippen LogP contribution in [0.15, 0.2) is 39.3 Å². The summed E-state index contributed by atoms with van der Waals surface area (Å²) in [4.78, 5) is 0. The van der Waals surface area contributed by atoms with Crippen molar-refractivity contribution in [3.05, 3.63) is 67.1 Å². The SMILES string of the molecule is CNC(c1cc(Br)ccc1F)c1cc(Cl)c(Br)cc1F. The van der Waals surface area contributed by atoms with Gasteiger partial charge < -0.3 is 5.32 Å². The molecule has 6 heteroatoms. The molecule has 1 unspecified atom stereocenters. The number of hydrogen-bond donors (Lipinski definition) is 1. The van der Waals surface area contributed by atoms with E-state index in [4.69, 9.17) is 11.6 Å². The quantitative estimate of drug-likeness (QED) is 0.645. The lowest BCUT2D eigenvalue weighted by Gasteiger charge is -2.19. The molecule has 0 heterocycles. The molecule has 0 saturated heterocycles. The highest BCUT2D eigenvalue weighted by Gasteiger charge is 2.21. The maximum absolute atomic E-state index is 14.1. The van der Waals surface area contributed by atoms with Crippen LogP contribution in [0, 0.1) is 11.6 Å². The van der Waals surface area contributed by atoms with Gasteiger partial charge in [0.05, 0.1) is 11.1 Å². The molecule has 1 N–H and O–H groups in total. The van der Waals surface area contributed by atoms with Gasteiger partial charge in [-0.15, -0.1) is 0 Å². The summed E-state index contributed by atoms with van der Waals surface area (Å²) in [6.45, 7) is 0. The molecule has 0 bridgehead atoms. The lowest BCUT2D eigenvalue weighted by Crippen LogP contribution is -2.20. The van der Waals surface area contributed by atoms with E-state index in [9.17, 15) is 8.78 Å². The van der Waals surface area contributed by atoms with Crippen molar-refractivity contribution in [1.29, 1.82) is 0 Å². The Balaban J connectivity index is 2.58. The summed E-state index contributed by atoms with van der Waals surface area (Å²) in [5.74, 6) is -0.869. The van der Waals surface area contributed by atoms with Crippen LogP contribution in [-0.4, -0.2) is 7.05 Å². The van der Waals surface area contributed by atoms with E-state index >= 15 is 0 Å². The molecule has 0 spiro atoms. The van der Waals surface area contributed by atoms with Crippen LogP contribution in [0.4, 0.5) is 8.78 Å². The highest BCUT2D eigenvalue weighted by molar-refractivity contribution is 9.10. The van der Waals surface area contributed by atoms with E-state index in [2.05, 4.69) is 37.2 Å². The zero-order valence-electron chi connectivity index (χ0n) is 10.4. The number of nitrogens with one attached hydrogen (secondary N) is 1. The predicted molar refractivity (Wildman–Crippen MR) is 84.1 cm³/mol. The third-order valence-corrected chi connectivity index (χ3v) is 4.60. The summed E-state index contributed by atoms with van der Waals surface area (Å²) in [5, 5.41) is 3.29. The van der Waals surface area contributed by atoms with Crippen LogP contribution in [0.25, 0.3) is 0 Å². The first-order valence-electron chi connectivity index (χ1n) is 5.70. The molecule has 0 aliphatic heterocycles. The summed E-state index contributed by atoms with van der Waals surface area (Å²) in [6.07, 6.45) is 0. The fraction of sp³-hybridized carbons (Fsp3) is 0.143. The van der Waals surface area contributed by atoms with Crippen molar-refractivity contribution in [2.75, 3.05) is 7.05 Å². The molecule has 0 radical (unpaired) electrons. The van der Waals surface area contributed by atoms with E-state index in [0.717, 1.165) is 4.47 Å². The first-order chi connectivity index (χ1) is 9.43. The van der Waals surface area contributed by atoms with Crippen LogP contribution in [0.3, 0.4) is 0 Å². The maximum atomic E-state index is 14.1.